The molecule has 1 aromatic heterocycles. The van der Waals surface area contributed by atoms with E-state index in [9.17, 15) is 0 Å². The number of hydrogen-bond donors (Lipinski definition) is 0. The van der Waals surface area contributed by atoms with Gasteiger partial charge in [0.1, 0.15) is 5.75 Å². The van der Waals surface area contributed by atoms with Crippen LogP contribution >= 0.6 is 0 Å². The minimum absolute atomic E-state index is 0.243. The Labute approximate surface area is 140 Å². The molecule has 3 rings (SSSR count). The van der Waals surface area contributed by atoms with Gasteiger partial charge in [0.2, 0.25) is 5.88 Å². The Hall–Kier alpha value is -3.21. The molecule has 3 aromatic rings. The Kier molecular flexibility index (Phi) is 4.81. The van der Waals surface area contributed by atoms with E-state index < -0.39 is 0 Å². The zero-order valence-corrected chi connectivity index (χ0v) is 13.5. The summed E-state index contributed by atoms with van der Waals surface area (Å²) < 4.78 is 11.0. The standard InChI is InChI=1S/C19H17N3O2/c1-14-12-18(23-2)22-19(21-14)24-17-11-7-6-8-15(17)13-20-16-9-4-3-5-10-16/h3-13H,1-2H3. The van der Waals surface area contributed by atoms with Crippen molar-refractivity contribution in [2.45, 2.75) is 6.92 Å². The van der Waals surface area contributed by atoms with E-state index in [2.05, 4.69) is 15.0 Å². The van der Waals surface area contributed by atoms with Crippen molar-refractivity contribution in [1.29, 1.82) is 0 Å². The molecule has 0 atom stereocenters. The number of ether oxygens (including phenoxy) is 2. The summed E-state index contributed by atoms with van der Waals surface area (Å²) in [5.41, 5.74) is 2.48. The normalized spacial score (nSPS) is 10.8. The highest BCUT2D eigenvalue weighted by atomic mass is 16.5. The fraction of sp³-hybridized carbons (Fsp3) is 0.105. The molecule has 0 amide bonds. The third kappa shape index (κ3) is 3.95. The molecule has 5 heteroatoms. The summed E-state index contributed by atoms with van der Waals surface area (Å²) in [6, 6.07) is 19.3. The first-order valence-corrected chi connectivity index (χ1v) is 7.50. The SMILES string of the molecule is COc1cc(C)nc(Oc2ccccc2C=Nc2ccccc2)n1. The van der Waals surface area contributed by atoms with Gasteiger partial charge in [0, 0.05) is 23.5 Å². The molecule has 2 aromatic carbocycles. The molecule has 0 fully saturated rings. The van der Waals surface area contributed by atoms with Crippen LogP contribution in [0.2, 0.25) is 0 Å². The second-order valence-electron chi connectivity index (χ2n) is 5.07. The van der Waals surface area contributed by atoms with Crippen LogP contribution in [0.25, 0.3) is 0 Å². The van der Waals surface area contributed by atoms with Crippen LogP contribution in [0, 0.1) is 6.92 Å². The average molecular weight is 319 g/mol. The minimum atomic E-state index is 0.243. The predicted molar refractivity (Wildman–Crippen MR) is 93.5 cm³/mol. The van der Waals surface area contributed by atoms with Crippen molar-refractivity contribution in [3.05, 3.63) is 71.9 Å². The van der Waals surface area contributed by atoms with Crippen molar-refractivity contribution in [3.8, 4) is 17.6 Å². The lowest BCUT2D eigenvalue weighted by molar-refractivity contribution is 0.375. The highest BCUT2D eigenvalue weighted by Crippen LogP contribution is 2.24. The summed E-state index contributed by atoms with van der Waals surface area (Å²) >= 11 is 0. The van der Waals surface area contributed by atoms with Gasteiger partial charge in [-0.1, -0.05) is 30.3 Å². The molecule has 120 valence electrons. The summed E-state index contributed by atoms with van der Waals surface area (Å²) in [6.45, 7) is 1.86. The highest BCUT2D eigenvalue weighted by Gasteiger charge is 2.07. The molecular formula is C19H17N3O2. The lowest BCUT2D eigenvalue weighted by Crippen LogP contribution is -1.98. The Bertz CT molecular complexity index is 848. The quantitative estimate of drug-likeness (QED) is 0.657. The maximum Gasteiger partial charge on any atom is 0.325 e. The van der Waals surface area contributed by atoms with Gasteiger partial charge in [-0.05, 0) is 31.2 Å². The number of para-hydroxylation sites is 2. The van der Waals surface area contributed by atoms with Gasteiger partial charge in [-0.3, -0.25) is 4.99 Å². The van der Waals surface area contributed by atoms with E-state index in [4.69, 9.17) is 9.47 Å². The number of hydrogen-bond acceptors (Lipinski definition) is 5. The Morgan fingerprint density at radius 3 is 2.50 bits per heavy atom. The number of benzene rings is 2. The van der Waals surface area contributed by atoms with E-state index in [-0.39, 0.29) is 6.01 Å². The maximum absolute atomic E-state index is 5.83. The molecule has 0 saturated heterocycles. The van der Waals surface area contributed by atoms with Gasteiger partial charge in [0.05, 0.1) is 12.8 Å². The predicted octanol–water partition coefficient (Wildman–Crippen LogP) is 4.34. The van der Waals surface area contributed by atoms with Crippen LogP contribution in [0.1, 0.15) is 11.3 Å². The number of methoxy groups -OCH3 is 1. The summed E-state index contributed by atoms with van der Waals surface area (Å²) in [6.07, 6.45) is 1.76. The van der Waals surface area contributed by atoms with Crippen molar-refractivity contribution in [1.82, 2.24) is 9.97 Å². The fourth-order valence-electron chi connectivity index (χ4n) is 2.10. The number of nitrogens with zero attached hydrogens (tertiary/aromatic N) is 3. The van der Waals surface area contributed by atoms with Crippen LogP contribution < -0.4 is 9.47 Å². The monoisotopic (exact) mass is 319 g/mol. The van der Waals surface area contributed by atoms with Crippen LogP contribution in [0.4, 0.5) is 5.69 Å². The fourth-order valence-corrected chi connectivity index (χ4v) is 2.10. The zero-order chi connectivity index (χ0) is 16.8. The molecule has 0 radical (unpaired) electrons. The molecule has 0 aliphatic heterocycles. The lowest BCUT2D eigenvalue weighted by Gasteiger charge is -2.08. The molecule has 0 aliphatic rings. The van der Waals surface area contributed by atoms with E-state index in [1.807, 2.05) is 61.5 Å². The van der Waals surface area contributed by atoms with Crippen LogP contribution in [0.5, 0.6) is 17.6 Å². The van der Waals surface area contributed by atoms with Gasteiger partial charge >= 0.3 is 6.01 Å². The summed E-state index contributed by atoms with van der Waals surface area (Å²) in [5, 5.41) is 0. The first-order valence-electron chi connectivity index (χ1n) is 7.50. The molecule has 0 aliphatic carbocycles. The first-order chi connectivity index (χ1) is 11.7. The van der Waals surface area contributed by atoms with Crippen LogP contribution in [-0.4, -0.2) is 23.3 Å². The average Bonchev–Trinajstić information content (AvgIpc) is 2.61. The van der Waals surface area contributed by atoms with Crippen molar-refractivity contribution in [2.75, 3.05) is 7.11 Å². The molecule has 0 N–H and O–H groups in total. The lowest BCUT2D eigenvalue weighted by atomic mass is 10.2. The Morgan fingerprint density at radius 1 is 0.958 bits per heavy atom. The number of rotatable bonds is 5. The number of aliphatic imine (C=N–C) groups is 1. The first kappa shape index (κ1) is 15.7. The third-order valence-electron chi connectivity index (χ3n) is 3.25. The van der Waals surface area contributed by atoms with Gasteiger partial charge in [-0.25, -0.2) is 0 Å². The summed E-state index contributed by atoms with van der Waals surface area (Å²) in [7, 11) is 1.56. The number of aryl methyl sites for hydroxylation is 1. The van der Waals surface area contributed by atoms with Crippen molar-refractivity contribution >= 4 is 11.9 Å². The Balaban J connectivity index is 1.87. The van der Waals surface area contributed by atoms with Gasteiger partial charge in [-0.15, -0.1) is 0 Å². The number of aromatic nitrogens is 2. The van der Waals surface area contributed by atoms with Crippen molar-refractivity contribution < 1.29 is 9.47 Å². The van der Waals surface area contributed by atoms with Crippen LogP contribution in [-0.2, 0) is 0 Å². The topological polar surface area (TPSA) is 56.6 Å². The largest absolute Gasteiger partial charge is 0.481 e. The summed E-state index contributed by atoms with van der Waals surface area (Å²) in [5.74, 6) is 1.10. The van der Waals surface area contributed by atoms with E-state index in [0.29, 0.717) is 11.6 Å². The van der Waals surface area contributed by atoms with Gasteiger partial charge in [-0.2, -0.15) is 9.97 Å². The Morgan fingerprint density at radius 2 is 1.71 bits per heavy atom. The van der Waals surface area contributed by atoms with Crippen LogP contribution in [0.15, 0.2) is 65.7 Å². The second-order valence-corrected chi connectivity index (χ2v) is 5.07. The van der Waals surface area contributed by atoms with E-state index >= 15 is 0 Å². The molecule has 0 spiro atoms. The molecule has 0 unspecified atom stereocenters. The van der Waals surface area contributed by atoms with Crippen molar-refractivity contribution in [2.24, 2.45) is 4.99 Å². The molecule has 5 nitrogen and oxygen atoms in total. The molecule has 24 heavy (non-hydrogen) atoms. The second kappa shape index (κ2) is 7.37. The molecule has 1 heterocycles. The van der Waals surface area contributed by atoms with Gasteiger partial charge in [0.25, 0.3) is 0 Å². The van der Waals surface area contributed by atoms with E-state index in [1.54, 1.807) is 19.4 Å². The van der Waals surface area contributed by atoms with Crippen molar-refractivity contribution in [3.63, 3.8) is 0 Å². The smallest absolute Gasteiger partial charge is 0.325 e. The highest BCUT2D eigenvalue weighted by molar-refractivity contribution is 5.85. The van der Waals surface area contributed by atoms with E-state index in [0.717, 1.165) is 16.9 Å². The van der Waals surface area contributed by atoms with Crippen LogP contribution in [0.3, 0.4) is 0 Å². The molecule has 0 saturated carbocycles. The molecule has 0 bridgehead atoms. The third-order valence-corrected chi connectivity index (χ3v) is 3.25. The molecular weight excluding hydrogens is 302 g/mol. The van der Waals surface area contributed by atoms with Gasteiger partial charge < -0.3 is 9.47 Å². The van der Waals surface area contributed by atoms with E-state index in [1.165, 1.54) is 0 Å². The maximum atomic E-state index is 5.83. The minimum Gasteiger partial charge on any atom is -0.481 e. The summed E-state index contributed by atoms with van der Waals surface area (Å²) in [4.78, 5) is 12.9. The zero-order valence-electron chi connectivity index (χ0n) is 13.5. The van der Waals surface area contributed by atoms with Gasteiger partial charge in [0.15, 0.2) is 0 Å².